The Bertz CT molecular complexity index is 499. The Hall–Kier alpha value is -1.46. The van der Waals surface area contributed by atoms with Gasteiger partial charge in [0, 0.05) is 5.56 Å². The Morgan fingerprint density at radius 3 is 2.87 bits per heavy atom. The summed E-state index contributed by atoms with van der Waals surface area (Å²) in [4.78, 5) is 14.8. The average Bonchev–Trinajstić information content (AvgIpc) is 2.70. The molecule has 2 aromatic rings. The first-order valence-electron chi connectivity index (χ1n) is 3.98. The highest BCUT2D eigenvalue weighted by Gasteiger charge is 2.14. The topological polar surface area (TPSA) is 63.1 Å². The van der Waals surface area contributed by atoms with Crippen LogP contribution in [-0.2, 0) is 0 Å². The van der Waals surface area contributed by atoms with E-state index >= 15 is 0 Å². The summed E-state index contributed by atoms with van der Waals surface area (Å²) in [7, 11) is 0. The lowest BCUT2D eigenvalue weighted by Gasteiger charge is -2.02. The minimum atomic E-state index is -1.06. The Labute approximate surface area is 94.3 Å². The number of carboxylic acid groups (broad SMARTS) is 1. The molecule has 0 saturated carbocycles. The molecule has 76 valence electrons. The van der Waals surface area contributed by atoms with Gasteiger partial charge < -0.3 is 5.11 Å². The third-order valence-electron chi connectivity index (χ3n) is 1.83. The molecule has 2 rings (SSSR count). The summed E-state index contributed by atoms with van der Waals surface area (Å²) in [6, 6.07) is 4.75. The molecule has 0 fully saturated rings. The summed E-state index contributed by atoms with van der Waals surface area (Å²) in [5, 5.41) is 9.03. The number of nitrogens with zero attached hydrogens (tertiary/aromatic N) is 2. The average molecular weight is 241 g/mol. The normalized spacial score (nSPS) is 10.2. The van der Waals surface area contributed by atoms with Crippen molar-refractivity contribution in [1.82, 2.24) is 9.36 Å². The minimum absolute atomic E-state index is 0.0592. The number of hydrogen-bond acceptors (Lipinski definition) is 4. The summed E-state index contributed by atoms with van der Waals surface area (Å²) in [5.74, 6) is -0.606. The first kappa shape index (κ1) is 10.1. The molecular weight excluding hydrogens is 236 g/mol. The molecule has 1 N–H and O–H groups in total. The van der Waals surface area contributed by atoms with E-state index in [1.807, 2.05) is 0 Å². The van der Waals surface area contributed by atoms with Crippen LogP contribution in [-0.4, -0.2) is 20.4 Å². The summed E-state index contributed by atoms with van der Waals surface area (Å²) < 4.78 is 4.00. The molecular formula is C9H5ClN2O2S. The zero-order valence-electron chi connectivity index (χ0n) is 7.35. The third-order valence-corrected chi connectivity index (χ3v) is 2.72. The predicted octanol–water partition coefficient (Wildman–Crippen LogP) is 2.56. The van der Waals surface area contributed by atoms with E-state index in [0.29, 0.717) is 11.4 Å². The van der Waals surface area contributed by atoms with Crippen LogP contribution < -0.4 is 0 Å². The van der Waals surface area contributed by atoms with Crippen molar-refractivity contribution >= 4 is 29.1 Å². The quantitative estimate of drug-likeness (QED) is 0.876. The fourth-order valence-corrected chi connectivity index (χ4v) is 1.89. The molecule has 6 heteroatoms. The van der Waals surface area contributed by atoms with Crippen molar-refractivity contribution in [3.8, 4) is 11.4 Å². The fourth-order valence-electron chi connectivity index (χ4n) is 1.16. The lowest BCUT2D eigenvalue weighted by Crippen LogP contribution is -1.98. The van der Waals surface area contributed by atoms with Crippen molar-refractivity contribution in [2.45, 2.75) is 0 Å². The molecule has 0 spiro atoms. The molecule has 0 aliphatic rings. The van der Waals surface area contributed by atoms with Gasteiger partial charge in [0.1, 0.15) is 5.51 Å². The van der Waals surface area contributed by atoms with Crippen LogP contribution in [0.3, 0.4) is 0 Å². The molecule has 0 atom stereocenters. The second-order valence-electron chi connectivity index (χ2n) is 2.73. The van der Waals surface area contributed by atoms with Gasteiger partial charge in [-0.25, -0.2) is 9.78 Å². The largest absolute Gasteiger partial charge is 0.478 e. The molecule has 0 amide bonds. The van der Waals surface area contributed by atoms with Crippen LogP contribution in [0.1, 0.15) is 10.4 Å². The zero-order valence-corrected chi connectivity index (χ0v) is 8.92. The van der Waals surface area contributed by atoms with Crippen LogP contribution in [0, 0.1) is 0 Å². The Morgan fingerprint density at radius 1 is 1.47 bits per heavy atom. The van der Waals surface area contributed by atoms with Gasteiger partial charge in [0.2, 0.25) is 0 Å². The molecule has 15 heavy (non-hydrogen) atoms. The van der Waals surface area contributed by atoms with Crippen LogP contribution >= 0.6 is 23.1 Å². The van der Waals surface area contributed by atoms with Crippen molar-refractivity contribution in [3.05, 3.63) is 34.3 Å². The van der Waals surface area contributed by atoms with Crippen LogP contribution in [0.25, 0.3) is 11.4 Å². The van der Waals surface area contributed by atoms with Crippen molar-refractivity contribution in [2.24, 2.45) is 0 Å². The molecule has 0 saturated heterocycles. The molecule has 4 nitrogen and oxygen atoms in total. The van der Waals surface area contributed by atoms with E-state index < -0.39 is 5.97 Å². The van der Waals surface area contributed by atoms with E-state index in [4.69, 9.17) is 16.7 Å². The van der Waals surface area contributed by atoms with Gasteiger partial charge >= 0.3 is 5.97 Å². The van der Waals surface area contributed by atoms with Crippen molar-refractivity contribution in [2.75, 3.05) is 0 Å². The number of benzene rings is 1. The third kappa shape index (κ3) is 1.84. The standard InChI is InChI=1S/C9H5ClN2O2S/c10-7-5(8-11-4-15-12-8)2-1-3-6(7)9(13)14/h1-4H,(H,13,14). The van der Waals surface area contributed by atoms with E-state index in [1.165, 1.54) is 17.6 Å². The second kappa shape index (κ2) is 3.96. The minimum Gasteiger partial charge on any atom is -0.478 e. The maximum Gasteiger partial charge on any atom is 0.337 e. The smallest absolute Gasteiger partial charge is 0.337 e. The number of carbonyl (C=O) groups is 1. The van der Waals surface area contributed by atoms with Gasteiger partial charge in [-0.15, -0.1) is 0 Å². The summed E-state index contributed by atoms with van der Waals surface area (Å²) >= 11 is 7.13. The van der Waals surface area contributed by atoms with Crippen LogP contribution in [0.4, 0.5) is 0 Å². The Kier molecular flexibility index (Phi) is 2.66. The molecule has 0 aliphatic heterocycles. The van der Waals surface area contributed by atoms with Gasteiger partial charge in [-0.05, 0) is 23.7 Å². The molecule has 1 aromatic carbocycles. The maximum atomic E-state index is 10.8. The zero-order chi connectivity index (χ0) is 10.8. The number of halogens is 1. The second-order valence-corrected chi connectivity index (χ2v) is 3.71. The summed E-state index contributed by atoms with van der Waals surface area (Å²) in [6.07, 6.45) is 0. The lowest BCUT2D eigenvalue weighted by atomic mass is 10.1. The monoisotopic (exact) mass is 240 g/mol. The number of carboxylic acids is 1. The first-order valence-corrected chi connectivity index (χ1v) is 5.20. The highest BCUT2D eigenvalue weighted by atomic mass is 35.5. The molecule has 0 bridgehead atoms. The van der Waals surface area contributed by atoms with Gasteiger partial charge in [0.25, 0.3) is 0 Å². The molecule has 1 heterocycles. The van der Waals surface area contributed by atoms with E-state index in [0.717, 1.165) is 0 Å². The molecule has 1 aromatic heterocycles. The van der Waals surface area contributed by atoms with Crippen LogP contribution in [0.5, 0.6) is 0 Å². The van der Waals surface area contributed by atoms with E-state index in [1.54, 1.807) is 17.6 Å². The van der Waals surface area contributed by atoms with Gasteiger partial charge in [-0.1, -0.05) is 17.7 Å². The fraction of sp³-hybridized carbons (Fsp3) is 0. The van der Waals surface area contributed by atoms with Gasteiger partial charge in [0.15, 0.2) is 5.82 Å². The van der Waals surface area contributed by atoms with E-state index in [9.17, 15) is 4.79 Å². The number of hydrogen-bond donors (Lipinski definition) is 1. The van der Waals surface area contributed by atoms with Gasteiger partial charge in [-0.3, -0.25) is 0 Å². The number of aromatic carboxylic acids is 1. The first-order chi connectivity index (χ1) is 7.20. The molecule has 0 unspecified atom stereocenters. The van der Waals surface area contributed by atoms with Gasteiger partial charge in [0.05, 0.1) is 10.6 Å². The summed E-state index contributed by atoms with van der Waals surface area (Å²) in [6.45, 7) is 0. The Morgan fingerprint density at radius 2 is 2.27 bits per heavy atom. The van der Waals surface area contributed by atoms with E-state index in [-0.39, 0.29) is 10.6 Å². The Balaban J connectivity index is 2.59. The van der Waals surface area contributed by atoms with Crippen LogP contribution in [0.15, 0.2) is 23.7 Å². The van der Waals surface area contributed by atoms with Crippen molar-refractivity contribution in [3.63, 3.8) is 0 Å². The number of rotatable bonds is 2. The highest BCUT2D eigenvalue weighted by molar-refractivity contribution is 7.03. The molecule has 0 radical (unpaired) electrons. The van der Waals surface area contributed by atoms with Crippen LogP contribution in [0.2, 0.25) is 5.02 Å². The van der Waals surface area contributed by atoms with Gasteiger partial charge in [-0.2, -0.15) is 4.37 Å². The number of aromatic nitrogens is 2. The van der Waals surface area contributed by atoms with E-state index in [2.05, 4.69) is 9.36 Å². The van der Waals surface area contributed by atoms with Crippen molar-refractivity contribution in [1.29, 1.82) is 0 Å². The summed E-state index contributed by atoms with van der Waals surface area (Å²) in [5.41, 5.74) is 2.17. The lowest BCUT2D eigenvalue weighted by molar-refractivity contribution is 0.0697. The SMILES string of the molecule is O=C(O)c1cccc(-c2ncsn2)c1Cl. The van der Waals surface area contributed by atoms with Crippen molar-refractivity contribution < 1.29 is 9.90 Å². The molecule has 0 aliphatic carbocycles. The maximum absolute atomic E-state index is 10.8. The predicted molar refractivity (Wildman–Crippen MR) is 57.3 cm³/mol. The highest BCUT2D eigenvalue weighted by Crippen LogP contribution is 2.28.